The van der Waals surface area contributed by atoms with E-state index in [1.807, 2.05) is 23.1 Å². The highest BCUT2D eigenvalue weighted by atomic mass is 35.5. The van der Waals surface area contributed by atoms with E-state index in [0.29, 0.717) is 23.8 Å². The first-order chi connectivity index (χ1) is 10.5. The molecule has 1 fully saturated rings. The van der Waals surface area contributed by atoms with Crippen molar-refractivity contribution in [3.05, 3.63) is 64.7 Å². The van der Waals surface area contributed by atoms with Crippen LogP contribution in [0.3, 0.4) is 0 Å². The topological polar surface area (TPSA) is 46.3 Å². The molecule has 0 radical (unpaired) electrons. The quantitative estimate of drug-likeness (QED) is 0.857. The molecule has 2 aromatic rings. The SMILES string of the molecule is Cc1ccc(CN(C(=O)c2cccc(N)c2)C2CC2)cc1C.Cl. The van der Waals surface area contributed by atoms with Crippen LogP contribution in [0.5, 0.6) is 0 Å². The van der Waals surface area contributed by atoms with Crippen molar-refractivity contribution < 1.29 is 4.79 Å². The van der Waals surface area contributed by atoms with Gasteiger partial charge in [-0.3, -0.25) is 4.79 Å². The minimum Gasteiger partial charge on any atom is -0.399 e. The van der Waals surface area contributed by atoms with Gasteiger partial charge in [0.25, 0.3) is 5.91 Å². The third-order valence-electron chi connectivity index (χ3n) is 4.31. The number of halogens is 1. The molecule has 0 unspecified atom stereocenters. The Bertz CT molecular complexity index is 710. The molecule has 2 aromatic carbocycles. The fourth-order valence-corrected chi connectivity index (χ4v) is 2.69. The summed E-state index contributed by atoms with van der Waals surface area (Å²) in [5.41, 5.74) is 10.9. The minimum atomic E-state index is 0. The average molecular weight is 331 g/mol. The number of nitrogens with zero attached hydrogens (tertiary/aromatic N) is 1. The lowest BCUT2D eigenvalue weighted by Gasteiger charge is -2.23. The lowest BCUT2D eigenvalue weighted by molar-refractivity contribution is 0.0730. The standard InChI is InChI=1S/C19H22N2O.ClH/c1-13-6-7-15(10-14(13)2)12-21(18-8-9-18)19(22)16-4-3-5-17(20)11-16;/h3-7,10-11,18H,8-9,12,20H2,1-2H3;1H. The van der Waals surface area contributed by atoms with Crippen molar-refractivity contribution in [2.45, 2.75) is 39.3 Å². The van der Waals surface area contributed by atoms with Gasteiger partial charge in [0, 0.05) is 23.8 Å². The minimum absolute atomic E-state index is 0. The predicted octanol–water partition coefficient (Wildman–Crippen LogP) is 4.11. The maximum absolute atomic E-state index is 12.8. The Hall–Kier alpha value is -2.00. The van der Waals surface area contributed by atoms with Crippen LogP contribution in [0.25, 0.3) is 0 Å². The van der Waals surface area contributed by atoms with Crippen molar-refractivity contribution in [1.82, 2.24) is 4.90 Å². The van der Waals surface area contributed by atoms with E-state index in [1.165, 1.54) is 16.7 Å². The smallest absolute Gasteiger partial charge is 0.254 e. The first-order valence-corrected chi connectivity index (χ1v) is 7.77. The highest BCUT2D eigenvalue weighted by Gasteiger charge is 2.33. The third-order valence-corrected chi connectivity index (χ3v) is 4.31. The van der Waals surface area contributed by atoms with Crippen LogP contribution in [0, 0.1) is 13.8 Å². The number of hydrogen-bond acceptors (Lipinski definition) is 2. The van der Waals surface area contributed by atoms with Crippen LogP contribution in [0.1, 0.15) is 39.9 Å². The van der Waals surface area contributed by atoms with E-state index >= 15 is 0 Å². The molecule has 4 heteroatoms. The molecule has 122 valence electrons. The summed E-state index contributed by atoms with van der Waals surface area (Å²) in [5.74, 6) is 0.0769. The number of benzene rings is 2. The molecule has 1 amide bonds. The van der Waals surface area contributed by atoms with Crippen molar-refractivity contribution >= 4 is 24.0 Å². The number of aryl methyl sites for hydroxylation is 2. The first kappa shape index (κ1) is 17.4. The third kappa shape index (κ3) is 4.05. The van der Waals surface area contributed by atoms with Gasteiger partial charge in [0.2, 0.25) is 0 Å². The van der Waals surface area contributed by atoms with E-state index in [2.05, 4.69) is 32.0 Å². The second-order valence-corrected chi connectivity index (χ2v) is 6.21. The molecule has 3 nitrogen and oxygen atoms in total. The van der Waals surface area contributed by atoms with Gasteiger partial charge < -0.3 is 10.6 Å². The van der Waals surface area contributed by atoms with Crippen molar-refractivity contribution in [2.24, 2.45) is 0 Å². The van der Waals surface area contributed by atoms with Crippen LogP contribution >= 0.6 is 12.4 Å². The Morgan fingerprint density at radius 1 is 1.13 bits per heavy atom. The van der Waals surface area contributed by atoms with Crippen molar-refractivity contribution in [2.75, 3.05) is 5.73 Å². The van der Waals surface area contributed by atoms with Gasteiger partial charge >= 0.3 is 0 Å². The maximum atomic E-state index is 12.8. The summed E-state index contributed by atoms with van der Waals surface area (Å²) in [6.45, 7) is 4.88. The van der Waals surface area contributed by atoms with E-state index < -0.39 is 0 Å². The van der Waals surface area contributed by atoms with Crippen LogP contribution < -0.4 is 5.73 Å². The molecule has 0 spiro atoms. The van der Waals surface area contributed by atoms with Gasteiger partial charge in [-0.15, -0.1) is 12.4 Å². The fourth-order valence-electron chi connectivity index (χ4n) is 2.69. The maximum Gasteiger partial charge on any atom is 0.254 e. The van der Waals surface area contributed by atoms with Crippen molar-refractivity contribution in [3.8, 4) is 0 Å². The van der Waals surface area contributed by atoms with Gasteiger partial charge in [-0.2, -0.15) is 0 Å². The van der Waals surface area contributed by atoms with Crippen molar-refractivity contribution in [3.63, 3.8) is 0 Å². The van der Waals surface area contributed by atoms with E-state index in [9.17, 15) is 4.79 Å². The monoisotopic (exact) mass is 330 g/mol. The molecule has 0 aromatic heterocycles. The van der Waals surface area contributed by atoms with Gasteiger partial charge in [0.1, 0.15) is 0 Å². The van der Waals surface area contributed by atoms with Crippen LogP contribution in [0.2, 0.25) is 0 Å². The molecule has 0 aliphatic heterocycles. The number of nitrogens with two attached hydrogens (primary N) is 1. The summed E-state index contributed by atoms with van der Waals surface area (Å²) in [4.78, 5) is 14.8. The molecule has 0 bridgehead atoms. The van der Waals surface area contributed by atoms with Crippen molar-refractivity contribution in [1.29, 1.82) is 0 Å². The highest BCUT2D eigenvalue weighted by molar-refractivity contribution is 5.95. The molecular weight excluding hydrogens is 308 g/mol. The van der Waals surface area contributed by atoms with Gasteiger partial charge in [-0.25, -0.2) is 0 Å². The van der Waals surface area contributed by atoms with Gasteiger partial charge in [0.05, 0.1) is 0 Å². The van der Waals surface area contributed by atoms with Gasteiger partial charge in [-0.1, -0.05) is 24.3 Å². The molecule has 1 aliphatic carbocycles. The summed E-state index contributed by atoms with van der Waals surface area (Å²) in [6, 6.07) is 14.0. The second-order valence-electron chi connectivity index (χ2n) is 6.21. The molecule has 0 saturated heterocycles. The number of amides is 1. The number of hydrogen-bond donors (Lipinski definition) is 1. The first-order valence-electron chi connectivity index (χ1n) is 7.77. The van der Waals surface area contributed by atoms with Gasteiger partial charge in [0.15, 0.2) is 0 Å². The molecule has 2 N–H and O–H groups in total. The normalized spacial score (nSPS) is 13.3. The molecule has 3 rings (SSSR count). The van der Waals surface area contributed by atoms with Crippen LogP contribution in [-0.4, -0.2) is 16.8 Å². The Labute approximate surface area is 143 Å². The zero-order chi connectivity index (χ0) is 15.7. The molecule has 0 atom stereocenters. The van der Waals surface area contributed by atoms with E-state index in [0.717, 1.165) is 12.8 Å². The number of carbonyl (C=O) groups is 1. The predicted molar refractivity (Wildman–Crippen MR) is 96.9 cm³/mol. The van der Waals surface area contributed by atoms with Gasteiger partial charge in [-0.05, 0) is 61.6 Å². The largest absolute Gasteiger partial charge is 0.399 e. The summed E-state index contributed by atoms with van der Waals surface area (Å²) in [5, 5.41) is 0. The summed E-state index contributed by atoms with van der Waals surface area (Å²) in [7, 11) is 0. The average Bonchev–Trinajstić information content (AvgIpc) is 3.32. The fraction of sp³-hybridized carbons (Fsp3) is 0.316. The molecule has 0 heterocycles. The Morgan fingerprint density at radius 2 is 1.87 bits per heavy atom. The Kier molecular flexibility index (Phi) is 5.32. The number of carbonyl (C=O) groups excluding carboxylic acids is 1. The van der Waals surface area contributed by atoms with Crippen LogP contribution in [0.15, 0.2) is 42.5 Å². The Balaban J connectivity index is 0.00000192. The van der Waals surface area contributed by atoms with E-state index in [-0.39, 0.29) is 18.3 Å². The zero-order valence-corrected chi connectivity index (χ0v) is 14.4. The van der Waals surface area contributed by atoms with E-state index in [1.54, 1.807) is 6.07 Å². The Morgan fingerprint density at radius 3 is 2.48 bits per heavy atom. The lowest BCUT2D eigenvalue weighted by Crippen LogP contribution is -2.32. The van der Waals surface area contributed by atoms with Crippen LogP contribution in [0.4, 0.5) is 5.69 Å². The second kappa shape index (κ2) is 7.05. The summed E-state index contributed by atoms with van der Waals surface area (Å²) < 4.78 is 0. The zero-order valence-electron chi connectivity index (χ0n) is 13.6. The lowest BCUT2D eigenvalue weighted by atomic mass is 10.1. The number of anilines is 1. The number of rotatable bonds is 4. The highest BCUT2D eigenvalue weighted by Crippen LogP contribution is 2.30. The number of nitrogen functional groups attached to an aromatic ring is 1. The molecule has 23 heavy (non-hydrogen) atoms. The molecule has 1 saturated carbocycles. The molecular formula is C19H23ClN2O. The molecule has 1 aliphatic rings. The van der Waals surface area contributed by atoms with E-state index in [4.69, 9.17) is 5.73 Å². The summed E-state index contributed by atoms with van der Waals surface area (Å²) in [6.07, 6.45) is 2.19. The van der Waals surface area contributed by atoms with Crippen LogP contribution in [-0.2, 0) is 6.54 Å². The summed E-state index contributed by atoms with van der Waals surface area (Å²) >= 11 is 0.